The molecule has 4 aromatic heterocycles. The third kappa shape index (κ3) is 4.69. The minimum absolute atomic E-state index is 0.0437. The number of carboxylic acids is 1. The summed E-state index contributed by atoms with van der Waals surface area (Å²) in [6, 6.07) is 8.60. The van der Waals surface area contributed by atoms with Gasteiger partial charge in [0.1, 0.15) is 21.9 Å². The van der Waals surface area contributed by atoms with Gasteiger partial charge in [0.15, 0.2) is 28.9 Å². The monoisotopic (exact) mass is 548 g/mol. The van der Waals surface area contributed by atoms with E-state index in [1.54, 1.807) is 18.3 Å². The van der Waals surface area contributed by atoms with Crippen LogP contribution in [0.4, 0.5) is 10.2 Å². The Morgan fingerprint density at radius 3 is 2.90 bits per heavy atom. The maximum absolute atomic E-state index is 16.2. The second kappa shape index (κ2) is 10.3. The Labute approximate surface area is 227 Å². The van der Waals surface area contributed by atoms with Crippen LogP contribution in [-0.2, 0) is 4.79 Å². The topological polar surface area (TPSA) is 130 Å². The Hall–Kier alpha value is -4.05. The van der Waals surface area contributed by atoms with Gasteiger partial charge in [0.05, 0.1) is 17.7 Å². The summed E-state index contributed by atoms with van der Waals surface area (Å²) in [5, 5.41) is 14.2. The highest BCUT2D eigenvalue weighted by atomic mass is 35.5. The van der Waals surface area contributed by atoms with Crippen molar-refractivity contribution in [1.82, 2.24) is 24.9 Å². The van der Waals surface area contributed by atoms with Gasteiger partial charge < -0.3 is 19.8 Å². The predicted molar refractivity (Wildman–Crippen MR) is 146 cm³/mol. The van der Waals surface area contributed by atoms with Crippen LogP contribution in [0, 0.1) is 17.7 Å². The number of anilines is 1. The van der Waals surface area contributed by atoms with Crippen molar-refractivity contribution in [2.45, 2.75) is 45.1 Å². The number of benzene rings is 1. The van der Waals surface area contributed by atoms with Gasteiger partial charge in [-0.1, -0.05) is 49.6 Å². The first kappa shape index (κ1) is 25.2. The molecule has 6 rings (SSSR count). The molecule has 1 saturated carbocycles. The van der Waals surface area contributed by atoms with Crippen molar-refractivity contribution in [1.29, 1.82) is 0 Å². The molecule has 9 nitrogen and oxygen atoms in total. The molecule has 1 aliphatic rings. The Kier molecular flexibility index (Phi) is 6.64. The molecule has 0 bridgehead atoms. The van der Waals surface area contributed by atoms with Crippen LogP contribution in [-0.4, -0.2) is 42.0 Å². The second-order valence-corrected chi connectivity index (χ2v) is 10.3. The van der Waals surface area contributed by atoms with E-state index in [9.17, 15) is 9.90 Å². The normalized spacial score (nSPS) is 19.5. The molecule has 39 heavy (non-hydrogen) atoms. The highest BCUT2D eigenvalue weighted by Crippen LogP contribution is 2.38. The highest BCUT2D eigenvalue weighted by Gasteiger charge is 2.38. The molecule has 0 radical (unpaired) electrons. The summed E-state index contributed by atoms with van der Waals surface area (Å²) in [4.78, 5) is 33.0. The lowest BCUT2D eigenvalue weighted by molar-refractivity contribution is -0.143. The fourth-order valence-electron chi connectivity index (χ4n) is 5.60. The summed E-state index contributed by atoms with van der Waals surface area (Å²) in [6.07, 6.45) is 6.98. The summed E-state index contributed by atoms with van der Waals surface area (Å²) in [6.45, 7) is 2.06. The molecule has 1 aliphatic carbocycles. The number of carboxylic acid groups (broad SMARTS) is 1. The van der Waals surface area contributed by atoms with Gasteiger partial charge in [0, 0.05) is 17.6 Å². The maximum Gasteiger partial charge on any atom is 0.308 e. The van der Waals surface area contributed by atoms with Crippen molar-refractivity contribution in [3.05, 3.63) is 53.7 Å². The molecule has 11 heteroatoms. The summed E-state index contributed by atoms with van der Waals surface area (Å²) in [5.74, 6) is -1.90. The molecule has 0 saturated heterocycles. The molecule has 3 unspecified atom stereocenters. The number of aromatic nitrogens is 5. The Balaban J connectivity index is 1.52. The van der Waals surface area contributed by atoms with Crippen molar-refractivity contribution in [2.75, 3.05) is 5.32 Å². The first-order valence-electron chi connectivity index (χ1n) is 13.0. The van der Waals surface area contributed by atoms with E-state index in [0.717, 1.165) is 31.1 Å². The predicted octanol–water partition coefficient (Wildman–Crippen LogP) is 6.70. The molecule has 1 aromatic carbocycles. The zero-order valence-electron chi connectivity index (χ0n) is 21.1. The lowest BCUT2D eigenvalue weighted by atomic mass is 9.75. The van der Waals surface area contributed by atoms with Crippen molar-refractivity contribution in [2.24, 2.45) is 11.8 Å². The molecule has 0 amide bonds. The Bertz CT molecular complexity index is 1650. The number of halogens is 2. The van der Waals surface area contributed by atoms with Crippen molar-refractivity contribution in [3.63, 3.8) is 0 Å². The van der Waals surface area contributed by atoms with Gasteiger partial charge in [-0.25, -0.2) is 24.3 Å². The smallest absolute Gasteiger partial charge is 0.308 e. The summed E-state index contributed by atoms with van der Waals surface area (Å²) >= 11 is 6.11. The highest BCUT2D eigenvalue weighted by molar-refractivity contribution is 6.29. The van der Waals surface area contributed by atoms with Crippen LogP contribution in [0.15, 0.2) is 47.1 Å². The molecule has 0 aliphatic heterocycles. The van der Waals surface area contributed by atoms with Crippen molar-refractivity contribution >= 4 is 45.5 Å². The van der Waals surface area contributed by atoms with Crippen LogP contribution >= 0.6 is 11.6 Å². The number of furan rings is 1. The van der Waals surface area contributed by atoms with Gasteiger partial charge in [-0.3, -0.25) is 4.79 Å². The molecule has 5 aromatic rings. The van der Waals surface area contributed by atoms with Crippen molar-refractivity contribution in [3.8, 4) is 22.8 Å². The zero-order valence-corrected chi connectivity index (χ0v) is 21.9. The Morgan fingerprint density at radius 2 is 2.10 bits per heavy atom. The third-order valence-electron chi connectivity index (χ3n) is 7.41. The van der Waals surface area contributed by atoms with E-state index < -0.39 is 23.7 Å². The average Bonchev–Trinajstić information content (AvgIpc) is 3.54. The largest absolute Gasteiger partial charge is 0.481 e. The number of aliphatic carboxylic acids is 1. The fraction of sp³-hybridized carbons (Fsp3) is 0.321. The standard InChI is InChI=1S/C28H26ClFN6O3/c1-2-6-14-8-5-9-16(28(37)38)22(14)34-26-21(30)24(19-11-15-7-3-4-10-18(15)39-19)35-25(36-26)17-12-31-27-23(17)33-20(29)13-32-27/h3-4,7,10-14,16,22H,2,5-6,8-9H2,1H3,(H,31,32)(H,37,38)(H,34,35,36). The van der Waals surface area contributed by atoms with Crippen LogP contribution in [0.1, 0.15) is 39.0 Å². The Morgan fingerprint density at radius 1 is 1.26 bits per heavy atom. The molecule has 1 fully saturated rings. The SMILES string of the molecule is CCCC1CCCC(C(=O)O)C1Nc1nc(-c2c[nH]c3ncc(Cl)nc23)nc(-c2cc3ccccc3o2)c1F. The number of rotatable bonds is 7. The van der Waals surface area contributed by atoms with E-state index in [0.29, 0.717) is 28.7 Å². The van der Waals surface area contributed by atoms with E-state index in [1.807, 2.05) is 18.2 Å². The van der Waals surface area contributed by atoms with Gasteiger partial charge in [0.25, 0.3) is 0 Å². The number of carbonyl (C=O) groups is 1. The van der Waals surface area contributed by atoms with E-state index in [4.69, 9.17) is 16.0 Å². The fourth-order valence-corrected chi connectivity index (χ4v) is 5.73. The van der Waals surface area contributed by atoms with Gasteiger partial charge >= 0.3 is 5.97 Å². The number of H-pyrrole nitrogens is 1. The van der Waals surface area contributed by atoms with E-state index in [2.05, 4.69) is 37.2 Å². The number of nitrogens with one attached hydrogen (secondary N) is 2. The maximum atomic E-state index is 16.2. The van der Waals surface area contributed by atoms with Crippen LogP contribution in [0.2, 0.25) is 5.15 Å². The molecule has 3 atom stereocenters. The van der Waals surface area contributed by atoms with E-state index >= 15 is 4.39 Å². The van der Waals surface area contributed by atoms with E-state index in [1.165, 1.54) is 6.20 Å². The van der Waals surface area contributed by atoms with Gasteiger partial charge in [-0.2, -0.15) is 0 Å². The van der Waals surface area contributed by atoms with Gasteiger partial charge in [0.2, 0.25) is 0 Å². The van der Waals surface area contributed by atoms with Crippen LogP contribution < -0.4 is 5.32 Å². The average molecular weight is 549 g/mol. The van der Waals surface area contributed by atoms with Gasteiger partial charge in [-0.05, 0) is 37.3 Å². The number of hydrogen-bond donors (Lipinski definition) is 3. The van der Waals surface area contributed by atoms with Crippen molar-refractivity contribution < 1.29 is 18.7 Å². The quantitative estimate of drug-likeness (QED) is 0.205. The lowest BCUT2D eigenvalue weighted by Crippen LogP contribution is -2.43. The second-order valence-electron chi connectivity index (χ2n) is 9.89. The molecule has 3 N–H and O–H groups in total. The minimum atomic E-state index is -0.901. The third-order valence-corrected chi connectivity index (χ3v) is 7.60. The first-order valence-corrected chi connectivity index (χ1v) is 13.4. The molecule has 200 valence electrons. The van der Waals surface area contributed by atoms with Crippen LogP contribution in [0.25, 0.3) is 45.0 Å². The van der Waals surface area contributed by atoms with Gasteiger partial charge in [-0.15, -0.1) is 0 Å². The number of fused-ring (bicyclic) bond motifs is 2. The summed E-state index contributed by atoms with van der Waals surface area (Å²) < 4.78 is 22.2. The number of nitrogens with zero attached hydrogens (tertiary/aromatic N) is 4. The summed E-state index contributed by atoms with van der Waals surface area (Å²) in [7, 11) is 0. The molecule has 4 heterocycles. The number of aromatic amines is 1. The first-order chi connectivity index (χ1) is 18.9. The van der Waals surface area contributed by atoms with Crippen LogP contribution in [0.5, 0.6) is 0 Å². The minimum Gasteiger partial charge on any atom is -0.481 e. The lowest BCUT2D eigenvalue weighted by Gasteiger charge is -2.37. The van der Waals surface area contributed by atoms with Crippen LogP contribution in [0.3, 0.4) is 0 Å². The summed E-state index contributed by atoms with van der Waals surface area (Å²) in [5.41, 5.74) is 1.93. The number of para-hydroxylation sites is 1. The zero-order chi connectivity index (χ0) is 27.1. The number of hydrogen-bond acceptors (Lipinski definition) is 7. The van der Waals surface area contributed by atoms with E-state index in [-0.39, 0.29) is 34.2 Å². The molecular formula is C28H26ClFN6O3. The molecule has 0 spiro atoms. The molecular weight excluding hydrogens is 523 g/mol.